The van der Waals surface area contributed by atoms with E-state index in [9.17, 15) is 0 Å². The molecule has 3 fully saturated rings. The fraction of sp³-hybridized carbons (Fsp3) is 1.00. The molecule has 3 nitrogen and oxygen atoms in total. The highest BCUT2D eigenvalue weighted by molar-refractivity contribution is 5.09. The number of hydrogen-bond acceptors (Lipinski definition) is 3. The van der Waals surface area contributed by atoms with Crippen molar-refractivity contribution in [2.24, 2.45) is 5.41 Å². The molecule has 0 bridgehead atoms. The first kappa shape index (κ1) is 15.8. The Balaban J connectivity index is 1.54. The zero-order valence-electron chi connectivity index (χ0n) is 14.1. The summed E-state index contributed by atoms with van der Waals surface area (Å²) in [5.74, 6) is 0. The van der Waals surface area contributed by atoms with Gasteiger partial charge in [-0.05, 0) is 59.0 Å². The third-order valence-electron chi connectivity index (χ3n) is 6.15. The van der Waals surface area contributed by atoms with Crippen molar-refractivity contribution in [3.8, 4) is 0 Å². The molecule has 0 radical (unpaired) electrons. The van der Waals surface area contributed by atoms with E-state index in [-0.39, 0.29) is 0 Å². The molecule has 3 heteroatoms. The Kier molecular flexibility index (Phi) is 5.23. The molecule has 0 aromatic carbocycles. The van der Waals surface area contributed by atoms with Gasteiger partial charge in [-0.2, -0.15) is 0 Å². The standard InChI is InChI=1S/C18H34N2O/c1-3-21-17-13-16(18(17)9-5-4-6-10-18)19-15(2)14-20-11-7-8-12-20/h15-17,19H,3-14H2,1-2H3. The first-order chi connectivity index (χ1) is 10.2. The molecule has 2 aliphatic carbocycles. The quantitative estimate of drug-likeness (QED) is 0.814. The van der Waals surface area contributed by atoms with E-state index in [4.69, 9.17) is 4.74 Å². The largest absolute Gasteiger partial charge is 0.378 e. The lowest BCUT2D eigenvalue weighted by Crippen LogP contribution is -2.66. The highest BCUT2D eigenvalue weighted by Crippen LogP contribution is 2.53. The summed E-state index contributed by atoms with van der Waals surface area (Å²) >= 11 is 0. The van der Waals surface area contributed by atoms with Gasteiger partial charge in [-0.15, -0.1) is 0 Å². The van der Waals surface area contributed by atoms with Crippen LogP contribution in [0.15, 0.2) is 0 Å². The van der Waals surface area contributed by atoms with Crippen LogP contribution >= 0.6 is 0 Å². The van der Waals surface area contributed by atoms with Crippen molar-refractivity contribution in [3.05, 3.63) is 0 Å². The van der Waals surface area contributed by atoms with Crippen molar-refractivity contribution >= 4 is 0 Å². The first-order valence-corrected chi connectivity index (χ1v) is 9.34. The average molecular weight is 294 g/mol. The van der Waals surface area contributed by atoms with E-state index in [1.54, 1.807) is 0 Å². The number of hydrogen-bond donors (Lipinski definition) is 1. The van der Waals surface area contributed by atoms with Gasteiger partial charge in [-0.25, -0.2) is 0 Å². The van der Waals surface area contributed by atoms with Gasteiger partial charge in [0, 0.05) is 30.7 Å². The topological polar surface area (TPSA) is 24.5 Å². The van der Waals surface area contributed by atoms with Crippen molar-refractivity contribution in [2.75, 3.05) is 26.2 Å². The summed E-state index contributed by atoms with van der Waals surface area (Å²) in [6.07, 6.45) is 11.6. The Bertz CT molecular complexity index is 321. The van der Waals surface area contributed by atoms with Crippen LogP contribution in [0.1, 0.15) is 65.2 Å². The highest BCUT2D eigenvalue weighted by Gasteiger charge is 2.55. The van der Waals surface area contributed by atoms with E-state index >= 15 is 0 Å². The van der Waals surface area contributed by atoms with Crippen LogP contribution in [0.3, 0.4) is 0 Å². The highest BCUT2D eigenvalue weighted by atomic mass is 16.5. The normalized spacial score (nSPS) is 34.0. The Morgan fingerprint density at radius 2 is 1.86 bits per heavy atom. The molecule has 0 amide bonds. The predicted molar refractivity (Wildman–Crippen MR) is 87.6 cm³/mol. The van der Waals surface area contributed by atoms with Crippen LogP contribution in [-0.2, 0) is 4.74 Å². The van der Waals surface area contributed by atoms with Gasteiger partial charge in [0.1, 0.15) is 0 Å². The molecule has 21 heavy (non-hydrogen) atoms. The number of likely N-dealkylation sites (tertiary alicyclic amines) is 1. The van der Waals surface area contributed by atoms with E-state index < -0.39 is 0 Å². The van der Waals surface area contributed by atoms with Crippen molar-refractivity contribution in [2.45, 2.75) is 83.4 Å². The van der Waals surface area contributed by atoms with Gasteiger partial charge in [0.05, 0.1) is 6.10 Å². The summed E-state index contributed by atoms with van der Waals surface area (Å²) < 4.78 is 6.07. The second-order valence-electron chi connectivity index (χ2n) is 7.60. The number of nitrogens with zero attached hydrogens (tertiary/aromatic N) is 1. The van der Waals surface area contributed by atoms with Crippen LogP contribution in [0.25, 0.3) is 0 Å². The van der Waals surface area contributed by atoms with Crippen molar-refractivity contribution in [1.29, 1.82) is 0 Å². The zero-order valence-corrected chi connectivity index (χ0v) is 14.1. The lowest BCUT2D eigenvalue weighted by Gasteiger charge is -2.58. The molecule has 1 heterocycles. The molecule has 3 unspecified atom stereocenters. The lowest BCUT2D eigenvalue weighted by atomic mass is 9.55. The Hall–Kier alpha value is -0.120. The number of nitrogens with one attached hydrogen (secondary N) is 1. The summed E-state index contributed by atoms with van der Waals surface area (Å²) in [6, 6.07) is 1.32. The molecule has 2 saturated carbocycles. The molecular formula is C18H34N2O. The maximum absolute atomic E-state index is 6.07. The lowest BCUT2D eigenvalue weighted by molar-refractivity contribution is -0.152. The summed E-state index contributed by atoms with van der Waals surface area (Å²) in [4.78, 5) is 2.63. The minimum absolute atomic E-state index is 0.466. The second-order valence-corrected chi connectivity index (χ2v) is 7.60. The van der Waals surface area contributed by atoms with Gasteiger partial charge in [0.15, 0.2) is 0 Å². The summed E-state index contributed by atoms with van der Waals surface area (Å²) in [7, 11) is 0. The van der Waals surface area contributed by atoms with E-state index in [2.05, 4.69) is 24.1 Å². The van der Waals surface area contributed by atoms with E-state index in [0.717, 1.165) is 6.61 Å². The Labute approximate surface area is 130 Å². The average Bonchev–Trinajstić information content (AvgIpc) is 3.00. The molecule has 1 spiro atoms. The monoisotopic (exact) mass is 294 g/mol. The van der Waals surface area contributed by atoms with Crippen molar-refractivity contribution < 1.29 is 4.74 Å². The van der Waals surface area contributed by atoms with E-state index in [1.807, 2.05) is 0 Å². The Morgan fingerprint density at radius 1 is 1.14 bits per heavy atom. The van der Waals surface area contributed by atoms with Gasteiger partial charge >= 0.3 is 0 Å². The van der Waals surface area contributed by atoms with Gasteiger partial charge in [-0.1, -0.05) is 19.3 Å². The van der Waals surface area contributed by atoms with Crippen molar-refractivity contribution in [3.63, 3.8) is 0 Å². The third kappa shape index (κ3) is 3.30. The van der Waals surface area contributed by atoms with Crippen LogP contribution in [0.5, 0.6) is 0 Å². The molecule has 3 atom stereocenters. The summed E-state index contributed by atoms with van der Waals surface area (Å²) in [6.45, 7) is 9.25. The smallest absolute Gasteiger partial charge is 0.0661 e. The SMILES string of the molecule is CCOC1CC(NC(C)CN2CCCC2)C12CCCCC2. The van der Waals surface area contributed by atoms with Gasteiger partial charge in [0.2, 0.25) is 0 Å². The second kappa shape index (κ2) is 6.97. The fourth-order valence-electron chi connectivity index (χ4n) is 5.05. The van der Waals surface area contributed by atoms with Crippen LogP contribution in [-0.4, -0.2) is 49.3 Å². The van der Waals surface area contributed by atoms with Gasteiger partial charge < -0.3 is 15.0 Å². The maximum atomic E-state index is 6.07. The number of rotatable bonds is 6. The molecule has 1 aliphatic heterocycles. The molecule has 122 valence electrons. The molecule has 3 rings (SSSR count). The molecule has 1 saturated heterocycles. The molecule has 0 aromatic rings. The summed E-state index contributed by atoms with van der Waals surface area (Å²) in [5, 5.41) is 3.97. The molecule has 1 N–H and O–H groups in total. The minimum Gasteiger partial charge on any atom is -0.378 e. The minimum atomic E-state index is 0.466. The number of ether oxygens (including phenoxy) is 1. The molecular weight excluding hydrogens is 260 g/mol. The molecule has 3 aliphatic rings. The summed E-state index contributed by atoms with van der Waals surface area (Å²) in [5.41, 5.74) is 0.466. The van der Waals surface area contributed by atoms with Crippen LogP contribution in [0, 0.1) is 5.41 Å². The predicted octanol–water partition coefficient (Wildman–Crippen LogP) is 3.19. The van der Waals surface area contributed by atoms with Crippen LogP contribution in [0.4, 0.5) is 0 Å². The zero-order chi connectivity index (χ0) is 14.7. The van der Waals surface area contributed by atoms with Gasteiger partial charge in [0.25, 0.3) is 0 Å². The fourth-order valence-corrected chi connectivity index (χ4v) is 5.05. The van der Waals surface area contributed by atoms with E-state index in [1.165, 1.54) is 71.0 Å². The van der Waals surface area contributed by atoms with Crippen molar-refractivity contribution in [1.82, 2.24) is 10.2 Å². The van der Waals surface area contributed by atoms with E-state index in [0.29, 0.717) is 23.6 Å². The maximum Gasteiger partial charge on any atom is 0.0661 e. The van der Waals surface area contributed by atoms with Crippen LogP contribution in [0.2, 0.25) is 0 Å². The molecule has 0 aromatic heterocycles. The van der Waals surface area contributed by atoms with Gasteiger partial charge in [-0.3, -0.25) is 0 Å². The van der Waals surface area contributed by atoms with Crippen LogP contribution < -0.4 is 5.32 Å². The third-order valence-corrected chi connectivity index (χ3v) is 6.15. The first-order valence-electron chi connectivity index (χ1n) is 9.34. The Morgan fingerprint density at radius 3 is 2.52 bits per heavy atom.